The average Bonchev–Trinajstić information content (AvgIpc) is 3.06. The van der Waals surface area contributed by atoms with Crippen LogP contribution in [0.25, 0.3) is 33.4 Å². The van der Waals surface area contributed by atoms with Gasteiger partial charge in [0.05, 0.1) is 30.0 Å². The number of rotatable bonds is 4. The van der Waals surface area contributed by atoms with Crippen LogP contribution < -0.4 is 10.1 Å². The summed E-state index contributed by atoms with van der Waals surface area (Å²) in [6.45, 7) is 1.42. The van der Waals surface area contributed by atoms with E-state index in [9.17, 15) is 9.18 Å². The molecule has 0 unspecified atom stereocenters. The zero-order chi connectivity index (χ0) is 19.7. The Morgan fingerprint density at radius 1 is 1.11 bits per heavy atom. The number of aromatic amines is 1. The molecule has 0 aromatic carbocycles. The minimum absolute atomic E-state index is 0.218. The average molecular weight is 377 g/mol. The predicted octanol–water partition coefficient (Wildman–Crippen LogP) is 3.79. The third-order valence-corrected chi connectivity index (χ3v) is 4.19. The molecule has 4 heterocycles. The second-order valence-electron chi connectivity index (χ2n) is 6.12. The van der Waals surface area contributed by atoms with Gasteiger partial charge in [0, 0.05) is 48.1 Å². The van der Waals surface area contributed by atoms with Crippen LogP contribution in [0.5, 0.6) is 5.88 Å². The largest absolute Gasteiger partial charge is 0.481 e. The van der Waals surface area contributed by atoms with Gasteiger partial charge in [-0.15, -0.1) is 0 Å². The third kappa shape index (κ3) is 3.27. The topological polar surface area (TPSA) is 92.8 Å². The van der Waals surface area contributed by atoms with Crippen molar-refractivity contribution >= 4 is 22.8 Å². The molecule has 4 rings (SSSR count). The molecule has 0 aliphatic carbocycles. The Kier molecular flexibility index (Phi) is 4.44. The molecule has 0 spiro atoms. The normalized spacial score (nSPS) is 10.8. The van der Waals surface area contributed by atoms with Gasteiger partial charge in [-0.25, -0.2) is 14.4 Å². The molecule has 140 valence electrons. The van der Waals surface area contributed by atoms with Crippen molar-refractivity contribution in [1.29, 1.82) is 0 Å². The van der Waals surface area contributed by atoms with E-state index >= 15 is 0 Å². The summed E-state index contributed by atoms with van der Waals surface area (Å²) in [5, 5.41) is 2.66. The monoisotopic (exact) mass is 377 g/mol. The zero-order valence-electron chi connectivity index (χ0n) is 15.2. The summed E-state index contributed by atoms with van der Waals surface area (Å²) in [5.74, 6) is 0.251. The molecule has 0 atom stereocenters. The number of ether oxygens (including phenoxy) is 1. The molecule has 0 bridgehead atoms. The van der Waals surface area contributed by atoms with Gasteiger partial charge >= 0.3 is 0 Å². The van der Waals surface area contributed by atoms with E-state index in [1.54, 1.807) is 37.7 Å². The second kappa shape index (κ2) is 7.07. The number of hydrogen-bond acceptors (Lipinski definition) is 5. The number of pyridine rings is 3. The van der Waals surface area contributed by atoms with E-state index in [1.807, 2.05) is 6.07 Å². The van der Waals surface area contributed by atoms with Crippen LogP contribution in [0.3, 0.4) is 0 Å². The quantitative estimate of drug-likeness (QED) is 0.564. The molecule has 4 aromatic heterocycles. The van der Waals surface area contributed by atoms with Gasteiger partial charge in [-0.1, -0.05) is 0 Å². The van der Waals surface area contributed by atoms with Gasteiger partial charge in [0.25, 0.3) is 0 Å². The maximum Gasteiger partial charge on any atom is 0.222 e. The van der Waals surface area contributed by atoms with Gasteiger partial charge in [-0.3, -0.25) is 9.78 Å². The first-order chi connectivity index (χ1) is 13.5. The lowest BCUT2D eigenvalue weighted by atomic mass is 10.0. The number of hydrogen-bond donors (Lipinski definition) is 2. The Balaban J connectivity index is 1.93. The molecular formula is C20H16FN5O2. The van der Waals surface area contributed by atoms with Gasteiger partial charge in [0.2, 0.25) is 11.8 Å². The number of halogens is 1. The van der Waals surface area contributed by atoms with Gasteiger partial charge in [-0.05, 0) is 18.2 Å². The molecule has 28 heavy (non-hydrogen) atoms. The van der Waals surface area contributed by atoms with Crippen LogP contribution in [0.2, 0.25) is 0 Å². The van der Waals surface area contributed by atoms with Crippen molar-refractivity contribution in [2.24, 2.45) is 0 Å². The fourth-order valence-electron chi connectivity index (χ4n) is 3.03. The minimum Gasteiger partial charge on any atom is -0.481 e. The summed E-state index contributed by atoms with van der Waals surface area (Å²) in [6, 6.07) is 8.54. The smallest absolute Gasteiger partial charge is 0.222 e. The zero-order valence-corrected chi connectivity index (χ0v) is 15.2. The van der Waals surface area contributed by atoms with Crippen LogP contribution in [0.1, 0.15) is 6.92 Å². The molecule has 4 aromatic rings. The summed E-state index contributed by atoms with van der Waals surface area (Å²) in [7, 11) is 1.55. The fourth-order valence-corrected chi connectivity index (χ4v) is 3.03. The summed E-state index contributed by atoms with van der Waals surface area (Å²) in [6.07, 6.45) is 4.44. The van der Waals surface area contributed by atoms with Crippen LogP contribution in [-0.2, 0) is 4.79 Å². The van der Waals surface area contributed by atoms with Crippen molar-refractivity contribution in [3.8, 4) is 28.3 Å². The molecule has 1 amide bonds. The first kappa shape index (κ1) is 17.6. The molecule has 0 radical (unpaired) electrons. The molecule has 8 heteroatoms. The van der Waals surface area contributed by atoms with Gasteiger partial charge < -0.3 is 15.0 Å². The van der Waals surface area contributed by atoms with Crippen LogP contribution in [0.15, 0.2) is 48.9 Å². The van der Waals surface area contributed by atoms with Crippen molar-refractivity contribution in [2.45, 2.75) is 6.92 Å². The number of carbonyl (C=O) groups is 1. The van der Waals surface area contributed by atoms with Gasteiger partial charge in [0.1, 0.15) is 11.6 Å². The highest BCUT2D eigenvalue weighted by molar-refractivity contribution is 6.01. The van der Waals surface area contributed by atoms with E-state index in [1.165, 1.54) is 19.2 Å². The minimum atomic E-state index is -0.437. The predicted molar refractivity (Wildman–Crippen MR) is 103 cm³/mol. The number of carbonyl (C=O) groups excluding carboxylic acids is 1. The van der Waals surface area contributed by atoms with Crippen molar-refractivity contribution in [1.82, 2.24) is 19.9 Å². The molecule has 0 fully saturated rings. The van der Waals surface area contributed by atoms with Crippen LogP contribution >= 0.6 is 0 Å². The lowest BCUT2D eigenvalue weighted by Gasteiger charge is -2.08. The van der Waals surface area contributed by atoms with Crippen molar-refractivity contribution in [3.05, 3.63) is 54.7 Å². The Bertz CT molecular complexity index is 1170. The first-order valence-electron chi connectivity index (χ1n) is 8.47. The molecular weight excluding hydrogens is 361 g/mol. The standard InChI is InChI=1S/C20H16FN5O2/c1-11(27)25-16-7-12(5-6-22-16)19-18(13-3-4-17(28-2)23-9-13)20-15(26-19)8-14(21)10-24-20/h3-10,26H,1-2H3,(H,22,25,27). The number of fused-ring (bicyclic) bond motifs is 1. The number of methoxy groups -OCH3 is 1. The second-order valence-corrected chi connectivity index (χ2v) is 6.12. The summed E-state index contributed by atoms with van der Waals surface area (Å²) < 4.78 is 18.8. The van der Waals surface area contributed by atoms with Crippen molar-refractivity contribution in [2.75, 3.05) is 12.4 Å². The van der Waals surface area contributed by atoms with Crippen LogP contribution in [0.4, 0.5) is 10.2 Å². The van der Waals surface area contributed by atoms with E-state index in [4.69, 9.17) is 4.74 Å². The molecule has 0 saturated heterocycles. The SMILES string of the molecule is COc1ccc(-c2c(-c3ccnc(NC(C)=O)c3)[nH]c3cc(F)cnc23)cn1. The lowest BCUT2D eigenvalue weighted by molar-refractivity contribution is -0.114. The molecule has 2 N–H and O–H groups in total. The summed E-state index contributed by atoms with van der Waals surface area (Å²) in [4.78, 5) is 27.3. The van der Waals surface area contributed by atoms with E-state index in [2.05, 4.69) is 25.3 Å². The van der Waals surface area contributed by atoms with E-state index < -0.39 is 5.82 Å². The van der Waals surface area contributed by atoms with Crippen molar-refractivity contribution < 1.29 is 13.9 Å². The Hall–Kier alpha value is -3.81. The van der Waals surface area contributed by atoms with Crippen molar-refractivity contribution in [3.63, 3.8) is 0 Å². The van der Waals surface area contributed by atoms with Crippen LogP contribution in [0, 0.1) is 5.82 Å². The molecule has 0 aliphatic heterocycles. The Morgan fingerprint density at radius 3 is 2.68 bits per heavy atom. The molecule has 0 saturated carbocycles. The highest BCUT2D eigenvalue weighted by Gasteiger charge is 2.18. The summed E-state index contributed by atoms with van der Waals surface area (Å²) in [5.41, 5.74) is 4.21. The highest BCUT2D eigenvalue weighted by Crippen LogP contribution is 2.38. The maximum atomic E-state index is 13.7. The number of aromatic nitrogens is 4. The van der Waals surface area contributed by atoms with E-state index in [0.717, 1.165) is 16.7 Å². The maximum absolute atomic E-state index is 13.7. The number of nitrogens with one attached hydrogen (secondary N) is 2. The number of anilines is 1. The Labute approximate surface area is 159 Å². The lowest BCUT2D eigenvalue weighted by Crippen LogP contribution is -2.07. The Morgan fingerprint density at radius 2 is 1.96 bits per heavy atom. The number of nitrogens with zero attached hydrogens (tertiary/aromatic N) is 3. The molecule has 0 aliphatic rings. The number of H-pyrrole nitrogens is 1. The summed E-state index contributed by atoms with van der Waals surface area (Å²) >= 11 is 0. The first-order valence-corrected chi connectivity index (χ1v) is 8.47. The third-order valence-electron chi connectivity index (χ3n) is 4.19. The van der Waals surface area contributed by atoms with Gasteiger partial charge in [-0.2, -0.15) is 0 Å². The fraction of sp³-hybridized carbons (Fsp3) is 0.100. The van der Waals surface area contributed by atoms with E-state index in [-0.39, 0.29) is 5.91 Å². The highest BCUT2D eigenvalue weighted by atomic mass is 19.1. The van der Waals surface area contributed by atoms with E-state index in [0.29, 0.717) is 28.4 Å². The van der Waals surface area contributed by atoms with Crippen LogP contribution in [-0.4, -0.2) is 33.0 Å². The van der Waals surface area contributed by atoms with Gasteiger partial charge in [0.15, 0.2) is 0 Å². The molecule has 7 nitrogen and oxygen atoms in total. The number of amides is 1.